The van der Waals surface area contributed by atoms with Gasteiger partial charge in [-0.05, 0) is 54.8 Å². The van der Waals surface area contributed by atoms with Crippen molar-refractivity contribution >= 4 is 30.8 Å². The number of amides is 1. The summed E-state index contributed by atoms with van der Waals surface area (Å²) in [5.74, 6) is 1.01. The molecule has 2 N–H and O–H groups in total. The van der Waals surface area contributed by atoms with Crippen LogP contribution in [0.5, 0.6) is 23.5 Å². The van der Waals surface area contributed by atoms with Gasteiger partial charge in [-0.15, -0.1) is 0 Å². The number of pyridine rings is 1. The molecule has 0 saturated heterocycles. The number of benzene rings is 1. The van der Waals surface area contributed by atoms with Crippen LogP contribution in [0.2, 0.25) is 19.1 Å². The Morgan fingerprint density at radius 2 is 1.85 bits per heavy atom. The van der Waals surface area contributed by atoms with Crippen LogP contribution in [-0.4, -0.2) is 43.2 Å². The quantitative estimate of drug-likeness (QED) is 0.282. The number of rotatable bonds is 9. The van der Waals surface area contributed by atoms with E-state index in [-0.39, 0.29) is 35.1 Å². The zero-order valence-corrected chi connectivity index (χ0v) is 23.6. The maximum Gasteiger partial charge on any atom is 0.291 e. The van der Waals surface area contributed by atoms with Gasteiger partial charge in [-0.1, -0.05) is 30.4 Å². The van der Waals surface area contributed by atoms with Crippen LogP contribution in [-0.2, 0) is 13.0 Å². The Morgan fingerprint density at radius 3 is 2.54 bits per heavy atom. The second-order valence-electron chi connectivity index (χ2n) is 9.95. The minimum atomic E-state index is -1.45. The normalized spacial score (nSPS) is 13.5. The van der Waals surface area contributed by atoms with Crippen molar-refractivity contribution in [2.45, 2.75) is 39.0 Å². The summed E-state index contributed by atoms with van der Waals surface area (Å²) in [5, 5.41) is 7.24. The summed E-state index contributed by atoms with van der Waals surface area (Å²) in [6.45, 7) is 7.18. The number of hydrogen-bond donors (Lipinski definition) is 2. The molecule has 4 heterocycles. The molecule has 1 aromatic carbocycles. The Labute approximate surface area is 227 Å². The third-order valence-corrected chi connectivity index (χ3v) is 10.2. The van der Waals surface area contributed by atoms with Crippen molar-refractivity contribution in [1.82, 2.24) is 15.0 Å². The number of carbonyl (C=O) groups is 1. The number of furan rings is 1. The third-order valence-electron chi connectivity index (χ3n) is 6.79. The predicted molar refractivity (Wildman–Crippen MR) is 150 cm³/mol. The Morgan fingerprint density at radius 1 is 1.08 bits per heavy atom. The van der Waals surface area contributed by atoms with Crippen molar-refractivity contribution in [3.8, 4) is 23.5 Å². The SMILES string of the molecule is COc1nc(NCc2ccccn2)nc(OC)c1NC(=O)c1ccc(Oc2cc3c(cc2C)CC[Si]3(C)C)o1. The number of aromatic nitrogens is 3. The van der Waals surface area contributed by atoms with E-state index in [1.807, 2.05) is 25.1 Å². The molecule has 1 aliphatic rings. The van der Waals surface area contributed by atoms with Crippen LogP contribution in [0.1, 0.15) is 27.4 Å². The van der Waals surface area contributed by atoms with Gasteiger partial charge in [-0.3, -0.25) is 9.78 Å². The first-order valence-electron chi connectivity index (χ1n) is 12.6. The van der Waals surface area contributed by atoms with Crippen molar-refractivity contribution in [1.29, 1.82) is 0 Å². The number of methoxy groups -OCH3 is 2. The molecule has 4 aromatic rings. The van der Waals surface area contributed by atoms with E-state index in [2.05, 4.69) is 50.8 Å². The Kier molecular flexibility index (Phi) is 7.25. The summed E-state index contributed by atoms with van der Waals surface area (Å²) < 4.78 is 22.6. The summed E-state index contributed by atoms with van der Waals surface area (Å²) in [7, 11) is 1.44. The van der Waals surface area contributed by atoms with Crippen LogP contribution in [0.3, 0.4) is 0 Å². The van der Waals surface area contributed by atoms with Crippen LogP contribution < -0.4 is 30.0 Å². The zero-order valence-electron chi connectivity index (χ0n) is 22.6. The molecule has 39 heavy (non-hydrogen) atoms. The molecule has 0 saturated carbocycles. The summed E-state index contributed by atoms with van der Waals surface area (Å²) in [4.78, 5) is 26.0. The lowest BCUT2D eigenvalue weighted by Crippen LogP contribution is -2.37. The molecular formula is C28H31N5O5Si. The van der Waals surface area contributed by atoms with Crippen molar-refractivity contribution in [3.63, 3.8) is 0 Å². The average Bonchev–Trinajstić information content (AvgIpc) is 3.52. The van der Waals surface area contributed by atoms with Gasteiger partial charge in [0.1, 0.15) is 5.75 Å². The third kappa shape index (κ3) is 5.58. The van der Waals surface area contributed by atoms with E-state index in [0.29, 0.717) is 6.54 Å². The number of carbonyl (C=O) groups excluding carboxylic acids is 1. The van der Waals surface area contributed by atoms with Crippen molar-refractivity contribution < 1.29 is 23.4 Å². The number of fused-ring (bicyclic) bond motifs is 1. The van der Waals surface area contributed by atoms with Crippen molar-refractivity contribution in [2.75, 3.05) is 24.9 Å². The lowest BCUT2D eigenvalue weighted by molar-refractivity contribution is 0.0990. The molecule has 3 aromatic heterocycles. The van der Waals surface area contributed by atoms with Gasteiger partial charge in [0.05, 0.1) is 34.5 Å². The molecule has 0 bridgehead atoms. The van der Waals surface area contributed by atoms with Crippen LogP contribution in [0.4, 0.5) is 11.6 Å². The molecule has 11 heteroatoms. The van der Waals surface area contributed by atoms with E-state index in [1.54, 1.807) is 18.3 Å². The monoisotopic (exact) mass is 545 g/mol. The molecule has 0 fully saturated rings. The summed E-state index contributed by atoms with van der Waals surface area (Å²) in [5.41, 5.74) is 3.44. The van der Waals surface area contributed by atoms with Crippen molar-refractivity contribution in [3.05, 3.63) is 71.2 Å². The number of hydrogen-bond acceptors (Lipinski definition) is 9. The molecule has 0 aliphatic carbocycles. The first-order chi connectivity index (χ1) is 18.8. The Balaban J connectivity index is 1.31. The molecule has 1 aliphatic heterocycles. The number of nitrogens with one attached hydrogen (secondary N) is 2. The molecule has 0 atom stereocenters. The largest absolute Gasteiger partial charge is 0.479 e. The molecule has 5 rings (SSSR count). The highest BCUT2D eigenvalue weighted by molar-refractivity contribution is 6.91. The minimum absolute atomic E-state index is 0.0555. The highest BCUT2D eigenvalue weighted by Gasteiger charge is 2.33. The van der Waals surface area contributed by atoms with Gasteiger partial charge in [0, 0.05) is 12.3 Å². The topological polar surface area (TPSA) is 121 Å². The second kappa shape index (κ2) is 10.8. The van der Waals surface area contributed by atoms with Gasteiger partial charge in [0.2, 0.25) is 17.7 Å². The molecule has 202 valence electrons. The van der Waals surface area contributed by atoms with Crippen LogP contribution >= 0.6 is 0 Å². The lowest BCUT2D eigenvalue weighted by Gasteiger charge is -2.18. The van der Waals surface area contributed by atoms with Crippen LogP contribution in [0.15, 0.2) is 53.1 Å². The number of anilines is 2. The highest BCUT2D eigenvalue weighted by Crippen LogP contribution is 2.34. The smallest absolute Gasteiger partial charge is 0.291 e. The first-order valence-corrected chi connectivity index (χ1v) is 15.8. The van der Waals surface area contributed by atoms with E-state index < -0.39 is 14.0 Å². The number of ether oxygens (including phenoxy) is 3. The first kappa shape index (κ1) is 26.2. The fraction of sp³-hybridized carbons (Fsp3) is 0.286. The fourth-order valence-electron chi connectivity index (χ4n) is 4.63. The maximum atomic E-state index is 13.1. The van der Waals surface area contributed by atoms with Gasteiger partial charge in [0.15, 0.2) is 11.4 Å². The second-order valence-corrected chi connectivity index (χ2v) is 14.8. The van der Waals surface area contributed by atoms with Crippen LogP contribution in [0, 0.1) is 6.92 Å². The summed E-state index contributed by atoms with van der Waals surface area (Å²) in [6, 6.07) is 14.4. The van der Waals surface area contributed by atoms with E-state index >= 15 is 0 Å². The van der Waals surface area contributed by atoms with E-state index in [0.717, 1.165) is 23.4 Å². The molecule has 0 unspecified atom stereocenters. The van der Waals surface area contributed by atoms with Gasteiger partial charge in [-0.25, -0.2) is 0 Å². The van der Waals surface area contributed by atoms with Gasteiger partial charge in [0.25, 0.3) is 11.9 Å². The van der Waals surface area contributed by atoms with Crippen LogP contribution in [0.25, 0.3) is 0 Å². The van der Waals surface area contributed by atoms with Crippen molar-refractivity contribution in [2.24, 2.45) is 0 Å². The van der Waals surface area contributed by atoms with E-state index in [1.165, 1.54) is 31.0 Å². The number of nitrogens with zero attached hydrogens (tertiary/aromatic N) is 3. The molecule has 10 nitrogen and oxygen atoms in total. The zero-order chi connectivity index (χ0) is 27.6. The summed E-state index contributed by atoms with van der Waals surface area (Å²) in [6.07, 6.45) is 2.83. The Bertz CT molecular complexity index is 1480. The lowest BCUT2D eigenvalue weighted by atomic mass is 10.1. The molecule has 0 spiro atoms. The predicted octanol–water partition coefficient (Wildman–Crippen LogP) is 4.92. The van der Waals surface area contributed by atoms with Gasteiger partial charge < -0.3 is 29.3 Å². The van der Waals surface area contributed by atoms with Gasteiger partial charge in [-0.2, -0.15) is 9.97 Å². The molecule has 0 radical (unpaired) electrons. The summed E-state index contributed by atoms with van der Waals surface area (Å²) >= 11 is 0. The molecular weight excluding hydrogens is 514 g/mol. The van der Waals surface area contributed by atoms with E-state index in [4.69, 9.17) is 18.6 Å². The maximum absolute atomic E-state index is 13.1. The van der Waals surface area contributed by atoms with E-state index in [9.17, 15) is 4.79 Å². The minimum Gasteiger partial charge on any atom is -0.479 e. The fourth-order valence-corrected chi connectivity index (χ4v) is 7.38. The highest BCUT2D eigenvalue weighted by atomic mass is 28.3. The molecule has 1 amide bonds. The van der Waals surface area contributed by atoms with Gasteiger partial charge >= 0.3 is 0 Å². The Hall–Kier alpha value is -4.38. The average molecular weight is 546 g/mol. The standard InChI is InChI=1S/C28H31N5O5Si/c1-17-14-18-11-13-39(4,5)22(18)15-21(17)38-23-10-9-20(37-23)25(34)31-24-26(35-2)32-28(33-27(24)36-3)30-16-19-8-6-7-12-29-19/h6-10,12,14-15H,11,13,16H2,1-5H3,(H,31,34)(H,30,32,33). The number of aryl methyl sites for hydroxylation is 2.